The lowest BCUT2D eigenvalue weighted by atomic mass is 9.89. The fourth-order valence-corrected chi connectivity index (χ4v) is 4.76. The summed E-state index contributed by atoms with van der Waals surface area (Å²) in [5.74, 6) is 0.313. The van der Waals surface area contributed by atoms with Gasteiger partial charge < -0.3 is 14.5 Å². The predicted molar refractivity (Wildman–Crippen MR) is 125 cm³/mol. The molecule has 5 rings (SSSR count). The summed E-state index contributed by atoms with van der Waals surface area (Å²) < 4.78 is 1.79. The molecule has 0 aliphatic carbocycles. The number of aromatic amines is 1. The Morgan fingerprint density at radius 3 is 2.87 bits per heavy atom. The molecule has 1 aliphatic rings. The Morgan fingerprint density at radius 1 is 1.23 bits per heavy atom. The number of rotatable bonds is 4. The fourth-order valence-electron chi connectivity index (χ4n) is 4.76. The number of carbonyl (C=O) groups is 1. The largest absolute Gasteiger partial charge is 0.358 e. The molecule has 1 saturated heterocycles. The lowest BCUT2D eigenvalue weighted by Gasteiger charge is -2.33. The molecule has 0 unspecified atom stereocenters. The molecule has 1 fully saturated rings. The van der Waals surface area contributed by atoms with E-state index in [0.717, 1.165) is 30.5 Å². The van der Waals surface area contributed by atoms with Crippen molar-refractivity contribution in [2.75, 3.05) is 13.1 Å². The van der Waals surface area contributed by atoms with Crippen molar-refractivity contribution in [2.45, 2.75) is 25.7 Å². The second-order valence-electron chi connectivity index (χ2n) is 8.27. The van der Waals surface area contributed by atoms with E-state index in [4.69, 9.17) is 0 Å². The maximum absolute atomic E-state index is 13.2. The number of fused-ring (bicyclic) bond motifs is 1. The molecule has 0 saturated carbocycles. The highest BCUT2D eigenvalue weighted by molar-refractivity contribution is 5.98. The van der Waals surface area contributed by atoms with Gasteiger partial charge in [-0.2, -0.15) is 0 Å². The van der Waals surface area contributed by atoms with E-state index in [1.165, 1.54) is 22.2 Å². The van der Waals surface area contributed by atoms with E-state index >= 15 is 0 Å². The summed E-state index contributed by atoms with van der Waals surface area (Å²) in [6.45, 7) is 7.41. The number of aromatic nitrogens is 3. The molecule has 5 heteroatoms. The van der Waals surface area contributed by atoms with Gasteiger partial charge in [0.05, 0.1) is 0 Å². The Labute approximate surface area is 182 Å². The van der Waals surface area contributed by atoms with Crippen LogP contribution in [0.3, 0.4) is 0 Å². The van der Waals surface area contributed by atoms with Gasteiger partial charge in [-0.05, 0) is 61.7 Å². The summed E-state index contributed by atoms with van der Waals surface area (Å²) in [5, 5.41) is 1.23. The second kappa shape index (κ2) is 7.91. The van der Waals surface area contributed by atoms with Crippen LogP contribution < -0.4 is 0 Å². The highest BCUT2D eigenvalue weighted by Crippen LogP contribution is 2.39. The molecule has 31 heavy (non-hydrogen) atoms. The molecule has 0 bridgehead atoms. The van der Waals surface area contributed by atoms with Crippen LogP contribution in [0.4, 0.5) is 0 Å². The minimum Gasteiger partial charge on any atom is -0.358 e. The predicted octanol–water partition coefficient (Wildman–Crippen LogP) is 5.46. The number of H-pyrrole nitrogens is 1. The van der Waals surface area contributed by atoms with Crippen molar-refractivity contribution in [2.24, 2.45) is 0 Å². The Morgan fingerprint density at radius 2 is 2.06 bits per heavy atom. The third-order valence-electron chi connectivity index (χ3n) is 6.26. The maximum Gasteiger partial charge on any atom is 0.270 e. The molecule has 1 amide bonds. The molecule has 1 N–H and O–H groups in total. The third-order valence-corrected chi connectivity index (χ3v) is 6.26. The Bertz CT molecular complexity index is 1250. The molecule has 1 aromatic carbocycles. The summed E-state index contributed by atoms with van der Waals surface area (Å²) in [4.78, 5) is 23.1. The summed E-state index contributed by atoms with van der Waals surface area (Å²) in [6.07, 6.45) is 9.26. The molecule has 0 spiro atoms. The van der Waals surface area contributed by atoms with Crippen LogP contribution in [-0.4, -0.2) is 38.4 Å². The van der Waals surface area contributed by atoms with Crippen LogP contribution in [0.2, 0.25) is 0 Å². The maximum atomic E-state index is 13.2. The van der Waals surface area contributed by atoms with Gasteiger partial charge in [-0.3, -0.25) is 9.78 Å². The molecule has 0 radical (unpaired) electrons. The van der Waals surface area contributed by atoms with Crippen LogP contribution in [0.1, 0.15) is 40.5 Å². The Balaban J connectivity index is 1.55. The number of nitrogens with zero attached hydrogens (tertiary/aromatic N) is 3. The van der Waals surface area contributed by atoms with Crippen molar-refractivity contribution in [1.29, 1.82) is 0 Å². The number of piperidine rings is 1. The fraction of sp³-hybridized carbons (Fsp3) is 0.231. The van der Waals surface area contributed by atoms with E-state index in [1.54, 1.807) is 10.8 Å². The van der Waals surface area contributed by atoms with Crippen LogP contribution in [0.5, 0.6) is 0 Å². The van der Waals surface area contributed by atoms with E-state index in [-0.39, 0.29) is 11.8 Å². The van der Waals surface area contributed by atoms with E-state index in [2.05, 4.69) is 53.8 Å². The summed E-state index contributed by atoms with van der Waals surface area (Å²) in [7, 11) is 0. The molecule has 156 valence electrons. The molecular formula is C26H26N4O. The van der Waals surface area contributed by atoms with Crippen LogP contribution in [-0.2, 0) is 0 Å². The highest BCUT2D eigenvalue weighted by Gasteiger charge is 2.30. The van der Waals surface area contributed by atoms with Gasteiger partial charge in [-0.1, -0.05) is 18.2 Å². The number of pyridine rings is 1. The first kappa shape index (κ1) is 19.4. The van der Waals surface area contributed by atoms with Crippen LogP contribution in [0, 0.1) is 6.92 Å². The average Bonchev–Trinajstić information content (AvgIpc) is 3.43. The van der Waals surface area contributed by atoms with Crippen molar-refractivity contribution < 1.29 is 4.79 Å². The third kappa shape index (κ3) is 3.46. The number of hydrogen-bond donors (Lipinski definition) is 1. The van der Waals surface area contributed by atoms with Crippen molar-refractivity contribution in [3.05, 3.63) is 84.6 Å². The van der Waals surface area contributed by atoms with E-state index in [9.17, 15) is 4.79 Å². The smallest absolute Gasteiger partial charge is 0.270 e. The number of hydrogen-bond acceptors (Lipinski definition) is 2. The van der Waals surface area contributed by atoms with Gasteiger partial charge in [0.25, 0.3) is 5.91 Å². The first-order valence-corrected chi connectivity index (χ1v) is 10.8. The lowest BCUT2D eigenvalue weighted by molar-refractivity contribution is 0.0699. The number of benzene rings is 1. The van der Waals surface area contributed by atoms with Gasteiger partial charge in [-0.25, -0.2) is 0 Å². The zero-order valence-corrected chi connectivity index (χ0v) is 17.7. The minimum atomic E-state index is 0.0621. The topological polar surface area (TPSA) is 53.9 Å². The number of nitrogens with one attached hydrogen (secondary N) is 1. The van der Waals surface area contributed by atoms with E-state index < -0.39 is 0 Å². The van der Waals surface area contributed by atoms with E-state index in [0.29, 0.717) is 12.2 Å². The standard InChI is InChI=1S/C26H26N4O/c1-3-29-14-5-7-23(29)26(31)30-15-4-6-20(17-30)25-24(19-10-12-27-13-11-19)21-16-18(2)8-9-22(21)28-25/h3,5,7-14,16,20,28H,1,4,6,15,17H2,2H3/t20-/m1/s1. The molecular weight excluding hydrogens is 384 g/mol. The molecule has 1 aliphatic heterocycles. The van der Waals surface area contributed by atoms with Crippen molar-refractivity contribution in [1.82, 2.24) is 19.4 Å². The van der Waals surface area contributed by atoms with Gasteiger partial charge in [0.2, 0.25) is 0 Å². The van der Waals surface area contributed by atoms with Gasteiger partial charge in [0, 0.05) is 66.0 Å². The monoisotopic (exact) mass is 410 g/mol. The van der Waals surface area contributed by atoms with Crippen LogP contribution in [0.25, 0.3) is 28.2 Å². The highest BCUT2D eigenvalue weighted by atomic mass is 16.2. The second-order valence-corrected chi connectivity index (χ2v) is 8.27. The number of amides is 1. The van der Waals surface area contributed by atoms with Crippen LogP contribution in [0.15, 0.2) is 67.6 Å². The quantitative estimate of drug-likeness (QED) is 0.486. The van der Waals surface area contributed by atoms with Gasteiger partial charge in [0.1, 0.15) is 5.69 Å². The molecule has 1 atom stereocenters. The lowest BCUT2D eigenvalue weighted by Crippen LogP contribution is -2.39. The molecule has 3 aromatic heterocycles. The van der Waals surface area contributed by atoms with Crippen LogP contribution >= 0.6 is 0 Å². The van der Waals surface area contributed by atoms with Gasteiger partial charge >= 0.3 is 0 Å². The first-order chi connectivity index (χ1) is 15.2. The first-order valence-electron chi connectivity index (χ1n) is 10.8. The normalized spacial score (nSPS) is 16.5. The minimum absolute atomic E-state index is 0.0621. The number of likely N-dealkylation sites (tertiary alicyclic amines) is 1. The Hall–Kier alpha value is -3.60. The molecule has 4 heterocycles. The zero-order chi connectivity index (χ0) is 21.4. The average molecular weight is 411 g/mol. The Kier molecular flexibility index (Phi) is 4.94. The number of carbonyl (C=O) groups excluding carboxylic acids is 1. The van der Waals surface area contributed by atoms with Crippen molar-refractivity contribution in [3.8, 4) is 11.1 Å². The summed E-state index contributed by atoms with van der Waals surface area (Å²) in [6, 6.07) is 14.4. The molecule has 5 nitrogen and oxygen atoms in total. The van der Waals surface area contributed by atoms with Crippen molar-refractivity contribution in [3.63, 3.8) is 0 Å². The zero-order valence-electron chi connectivity index (χ0n) is 17.7. The van der Waals surface area contributed by atoms with Crippen molar-refractivity contribution >= 4 is 23.0 Å². The summed E-state index contributed by atoms with van der Waals surface area (Å²) >= 11 is 0. The number of aryl methyl sites for hydroxylation is 1. The SMILES string of the molecule is C=Cn1cccc1C(=O)N1CCC[C@@H](c2[nH]c3ccc(C)cc3c2-c2ccncc2)C1. The molecule has 4 aromatic rings. The van der Waals surface area contributed by atoms with E-state index in [1.807, 2.05) is 35.6 Å². The van der Waals surface area contributed by atoms with Gasteiger partial charge in [-0.15, -0.1) is 0 Å². The van der Waals surface area contributed by atoms with Gasteiger partial charge in [0.15, 0.2) is 0 Å². The summed E-state index contributed by atoms with van der Waals surface area (Å²) in [5.41, 5.74) is 6.64.